The monoisotopic (exact) mass is 308 g/mol. The first-order valence-electron chi connectivity index (χ1n) is 7.68. The zero-order valence-corrected chi connectivity index (χ0v) is 13.0. The van der Waals surface area contributed by atoms with Crippen molar-refractivity contribution in [2.75, 3.05) is 0 Å². The Balaban J connectivity index is 1.58. The first kappa shape index (κ1) is 13.7. The van der Waals surface area contributed by atoms with Crippen LogP contribution in [-0.4, -0.2) is 25.7 Å². The third-order valence-electron chi connectivity index (χ3n) is 5.37. The second kappa shape index (κ2) is 4.31. The van der Waals surface area contributed by atoms with E-state index in [1.54, 1.807) is 24.3 Å². The predicted octanol–water partition coefficient (Wildman–Crippen LogP) is 2.94. The zero-order chi connectivity index (χ0) is 14.7. The fourth-order valence-corrected chi connectivity index (χ4v) is 5.35. The lowest BCUT2D eigenvalue weighted by atomic mass is 9.81. The minimum atomic E-state index is -3.71. The van der Waals surface area contributed by atoms with Gasteiger partial charge in [-0.1, -0.05) is 30.5 Å². The highest BCUT2D eigenvalue weighted by Gasteiger charge is 2.77. The molecule has 5 heteroatoms. The zero-order valence-electron chi connectivity index (χ0n) is 12.2. The normalized spacial score (nSPS) is 37.9. The summed E-state index contributed by atoms with van der Waals surface area (Å²) < 4.78 is 36.5. The lowest BCUT2D eigenvalue weighted by Gasteiger charge is -2.23. The van der Waals surface area contributed by atoms with Crippen molar-refractivity contribution in [3.63, 3.8) is 0 Å². The highest BCUT2D eigenvalue weighted by molar-refractivity contribution is 7.86. The second-order valence-electron chi connectivity index (χ2n) is 6.58. The smallest absolute Gasteiger partial charge is 0.297 e. The molecule has 0 N–H and O–H groups in total. The van der Waals surface area contributed by atoms with E-state index in [1.807, 2.05) is 6.92 Å². The average Bonchev–Trinajstić information content (AvgIpc) is 3.05. The van der Waals surface area contributed by atoms with Gasteiger partial charge in [0.15, 0.2) is 0 Å². The number of benzene rings is 1. The Morgan fingerprint density at radius 1 is 1.14 bits per heavy atom. The number of hydrogen-bond donors (Lipinski definition) is 0. The van der Waals surface area contributed by atoms with Crippen LogP contribution in [0.5, 0.6) is 0 Å². The summed E-state index contributed by atoms with van der Waals surface area (Å²) in [4.78, 5) is 0.235. The van der Waals surface area contributed by atoms with Crippen molar-refractivity contribution < 1.29 is 17.3 Å². The van der Waals surface area contributed by atoms with Gasteiger partial charge in [-0.15, -0.1) is 0 Å². The lowest BCUT2D eigenvalue weighted by Crippen LogP contribution is -2.36. The van der Waals surface area contributed by atoms with Crippen molar-refractivity contribution in [3.8, 4) is 0 Å². The topological polar surface area (TPSA) is 55.9 Å². The summed E-state index contributed by atoms with van der Waals surface area (Å²) in [6.45, 7) is 1.93. The molecule has 2 aliphatic carbocycles. The fourth-order valence-electron chi connectivity index (χ4n) is 4.21. The highest BCUT2D eigenvalue weighted by Crippen LogP contribution is 2.67. The van der Waals surface area contributed by atoms with E-state index in [0.717, 1.165) is 37.7 Å². The van der Waals surface area contributed by atoms with Crippen LogP contribution in [0.1, 0.15) is 44.1 Å². The Labute approximate surface area is 125 Å². The molecular weight excluding hydrogens is 288 g/mol. The molecule has 0 spiro atoms. The van der Waals surface area contributed by atoms with Crippen LogP contribution in [0.2, 0.25) is 0 Å². The Morgan fingerprint density at radius 3 is 2.62 bits per heavy atom. The second-order valence-corrected chi connectivity index (χ2v) is 8.16. The molecule has 4 nitrogen and oxygen atoms in total. The Morgan fingerprint density at radius 2 is 1.86 bits per heavy atom. The van der Waals surface area contributed by atoms with E-state index in [2.05, 4.69) is 0 Å². The molecule has 0 unspecified atom stereocenters. The summed E-state index contributed by atoms with van der Waals surface area (Å²) in [6.07, 6.45) is 5.67. The minimum Gasteiger partial charge on any atom is -0.360 e. The van der Waals surface area contributed by atoms with Gasteiger partial charge in [-0.2, -0.15) is 8.42 Å². The molecule has 3 aliphatic rings. The maximum atomic E-state index is 12.5. The molecule has 1 aromatic carbocycles. The number of hydrogen-bond acceptors (Lipinski definition) is 4. The van der Waals surface area contributed by atoms with Crippen LogP contribution in [0.25, 0.3) is 0 Å². The van der Waals surface area contributed by atoms with Gasteiger partial charge in [0.25, 0.3) is 10.1 Å². The molecule has 2 saturated carbocycles. The number of aryl methyl sites for hydroxylation is 1. The Hall–Kier alpha value is -0.910. The highest BCUT2D eigenvalue weighted by atomic mass is 32.2. The molecule has 1 aliphatic heterocycles. The van der Waals surface area contributed by atoms with Crippen LogP contribution >= 0.6 is 0 Å². The van der Waals surface area contributed by atoms with Crippen molar-refractivity contribution in [2.45, 2.75) is 67.7 Å². The predicted molar refractivity (Wildman–Crippen MR) is 77.5 cm³/mol. The van der Waals surface area contributed by atoms with Crippen molar-refractivity contribution in [1.29, 1.82) is 0 Å². The summed E-state index contributed by atoms with van der Waals surface area (Å²) >= 11 is 0. The first-order valence-corrected chi connectivity index (χ1v) is 9.09. The average molecular weight is 308 g/mol. The van der Waals surface area contributed by atoms with Gasteiger partial charge in [-0.25, -0.2) is 0 Å². The van der Waals surface area contributed by atoms with Gasteiger partial charge in [-0.05, 0) is 44.7 Å². The van der Waals surface area contributed by atoms with Gasteiger partial charge in [-0.3, -0.25) is 4.18 Å². The van der Waals surface area contributed by atoms with E-state index in [9.17, 15) is 8.42 Å². The summed E-state index contributed by atoms with van der Waals surface area (Å²) in [7, 11) is -3.71. The standard InChI is InChI=1S/C16H20O4S/c1-12-4-6-13(7-5-12)21(17,18)19-14-8-11-15-9-2-3-10-16(14,15)20-15/h4-7,14H,2-3,8-11H2,1H3/t14-,15-,16+/m1/s1. The molecule has 0 radical (unpaired) electrons. The minimum absolute atomic E-state index is 0.0707. The molecular formula is C16H20O4S. The van der Waals surface area contributed by atoms with Crippen LogP contribution in [0.3, 0.4) is 0 Å². The van der Waals surface area contributed by atoms with Crippen molar-refractivity contribution in [3.05, 3.63) is 29.8 Å². The molecule has 1 aromatic rings. The van der Waals surface area contributed by atoms with E-state index in [4.69, 9.17) is 8.92 Å². The van der Waals surface area contributed by atoms with Gasteiger partial charge >= 0.3 is 0 Å². The van der Waals surface area contributed by atoms with E-state index in [1.165, 1.54) is 6.42 Å². The third-order valence-corrected chi connectivity index (χ3v) is 6.70. The quantitative estimate of drug-likeness (QED) is 0.636. The molecule has 0 aromatic heterocycles. The van der Waals surface area contributed by atoms with Crippen LogP contribution in [0.15, 0.2) is 29.2 Å². The van der Waals surface area contributed by atoms with E-state index >= 15 is 0 Å². The van der Waals surface area contributed by atoms with Gasteiger partial charge in [0.05, 0.1) is 4.90 Å². The lowest BCUT2D eigenvalue weighted by molar-refractivity contribution is 0.0831. The maximum Gasteiger partial charge on any atom is 0.297 e. The SMILES string of the molecule is Cc1ccc(S(=O)(=O)O[C@@H]2CC[C@]34CCCC[C@]23O4)cc1. The Kier molecular flexibility index (Phi) is 2.82. The van der Waals surface area contributed by atoms with Gasteiger partial charge in [0.2, 0.25) is 0 Å². The molecule has 3 atom stereocenters. The summed E-state index contributed by atoms with van der Waals surface area (Å²) in [6, 6.07) is 6.81. The van der Waals surface area contributed by atoms with Crippen LogP contribution in [0, 0.1) is 6.92 Å². The summed E-state index contributed by atoms with van der Waals surface area (Å²) in [5.74, 6) is 0. The van der Waals surface area contributed by atoms with Gasteiger partial charge < -0.3 is 4.74 Å². The fraction of sp³-hybridized carbons (Fsp3) is 0.625. The van der Waals surface area contributed by atoms with Crippen molar-refractivity contribution in [1.82, 2.24) is 0 Å². The molecule has 114 valence electrons. The maximum absolute atomic E-state index is 12.5. The van der Waals surface area contributed by atoms with E-state index < -0.39 is 10.1 Å². The van der Waals surface area contributed by atoms with Crippen LogP contribution < -0.4 is 0 Å². The first-order chi connectivity index (χ1) is 9.98. The van der Waals surface area contributed by atoms with Crippen molar-refractivity contribution in [2.24, 2.45) is 0 Å². The molecule has 0 bridgehead atoms. The molecule has 1 heterocycles. The van der Waals surface area contributed by atoms with E-state index in [0.29, 0.717) is 0 Å². The van der Waals surface area contributed by atoms with Gasteiger partial charge in [0.1, 0.15) is 17.3 Å². The number of epoxide rings is 1. The van der Waals surface area contributed by atoms with Gasteiger partial charge in [0, 0.05) is 0 Å². The molecule has 1 saturated heterocycles. The number of ether oxygens (including phenoxy) is 1. The van der Waals surface area contributed by atoms with Crippen molar-refractivity contribution >= 4 is 10.1 Å². The third kappa shape index (κ3) is 1.91. The molecule has 21 heavy (non-hydrogen) atoms. The van der Waals surface area contributed by atoms with Crippen LogP contribution in [-0.2, 0) is 19.0 Å². The summed E-state index contributed by atoms with van der Waals surface area (Å²) in [5, 5.41) is 0. The van der Waals surface area contributed by atoms with Crippen LogP contribution in [0.4, 0.5) is 0 Å². The van der Waals surface area contributed by atoms with E-state index in [-0.39, 0.29) is 22.2 Å². The number of rotatable bonds is 3. The molecule has 4 rings (SSSR count). The molecule has 0 amide bonds. The largest absolute Gasteiger partial charge is 0.360 e. The Bertz CT molecular complexity index is 662. The molecule has 3 fully saturated rings. The summed E-state index contributed by atoms with van der Waals surface area (Å²) in [5.41, 5.74) is 0.645.